The molecule has 2 amide bonds. The first-order valence-corrected chi connectivity index (χ1v) is 9.04. The number of furan rings is 1. The van der Waals surface area contributed by atoms with Crippen molar-refractivity contribution in [2.24, 2.45) is 0 Å². The summed E-state index contributed by atoms with van der Waals surface area (Å²) in [7, 11) is 3.97. The van der Waals surface area contributed by atoms with Gasteiger partial charge in [0.25, 0.3) is 0 Å². The van der Waals surface area contributed by atoms with Crippen LogP contribution in [0.3, 0.4) is 0 Å². The number of likely N-dealkylation sites (N-methyl/N-ethyl adjacent to an activating group) is 1. The summed E-state index contributed by atoms with van der Waals surface area (Å²) in [6, 6.07) is 8.05. The van der Waals surface area contributed by atoms with Crippen molar-refractivity contribution in [2.45, 2.75) is 6.04 Å². The minimum atomic E-state index is -0.000708. The summed E-state index contributed by atoms with van der Waals surface area (Å²) in [6.45, 7) is 3.78. The Morgan fingerprint density at radius 1 is 1.29 bits per heavy atom. The van der Waals surface area contributed by atoms with E-state index in [-0.39, 0.29) is 12.1 Å². The van der Waals surface area contributed by atoms with Crippen LogP contribution >= 0.6 is 11.3 Å². The first kappa shape index (κ1) is 16.9. The molecular weight excluding hydrogens is 324 g/mol. The van der Waals surface area contributed by atoms with Gasteiger partial charge in [0.1, 0.15) is 5.76 Å². The van der Waals surface area contributed by atoms with E-state index in [2.05, 4.69) is 27.7 Å². The topological polar surface area (TPSA) is 52.0 Å². The lowest BCUT2D eigenvalue weighted by molar-refractivity contribution is 0.186. The Morgan fingerprint density at radius 2 is 2.08 bits per heavy atom. The molecule has 2 aromatic rings. The Morgan fingerprint density at radius 3 is 2.67 bits per heavy atom. The highest BCUT2D eigenvalue weighted by Gasteiger charge is 2.23. The van der Waals surface area contributed by atoms with Gasteiger partial charge in [-0.15, -0.1) is 11.3 Å². The van der Waals surface area contributed by atoms with Gasteiger partial charge in [-0.05, 0) is 43.7 Å². The minimum Gasteiger partial charge on any atom is -0.468 e. The average Bonchev–Trinajstić information content (AvgIpc) is 3.28. The van der Waals surface area contributed by atoms with Gasteiger partial charge in [-0.1, -0.05) is 0 Å². The number of piperazine rings is 1. The van der Waals surface area contributed by atoms with Crippen LogP contribution in [0.1, 0.15) is 11.8 Å². The number of anilines is 1. The number of carbonyl (C=O) groups is 1. The molecule has 0 radical (unpaired) electrons. The van der Waals surface area contributed by atoms with Crippen molar-refractivity contribution in [3.8, 4) is 0 Å². The average molecular weight is 348 g/mol. The van der Waals surface area contributed by atoms with Gasteiger partial charge < -0.3 is 19.5 Å². The van der Waals surface area contributed by atoms with Gasteiger partial charge in [-0.3, -0.25) is 4.90 Å². The fourth-order valence-electron chi connectivity index (χ4n) is 2.89. The first-order valence-electron chi connectivity index (χ1n) is 8.16. The van der Waals surface area contributed by atoms with Gasteiger partial charge in [0.2, 0.25) is 0 Å². The third-order valence-corrected chi connectivity index (χ3v) is 5.26. The number of rotatable bonds is 5. The molecule has 1 N–H and O–H groups in total. The van der Waals surface area contributed by atoms with Crippen LogP contribution in [0, 0.1) is 0 Å². The highest BCUT2D eigenvalue weighted by molar-refractivity contribution is 7.14. The maximum atomic E-state index is 12.4. The molecule has 0 spiro atoms. The first-order chi connectivity index (χ1) is 11.6. The Labute approximate surface area is 146 Å². The summed E-state index contributed by atoms with van der Waals surface area (Å²) in [4.78, 5) is 18.7. The lowest BCUT2D eigenvalue weighted by atomic mass is 10.2. The quantitative estimate of drug-likeness (QED) is 0.902. The standard InChI is InChI=1S/C17H24N4O2S/c1-19(2)14(15-5-3-11-23-15)13-18-17(22)21-9-7-20(8-10-21)16-6-4-12-24-16/h3-6,11-12,14H,7-10,13H2,1-2H3,(H,18,22)/t14-/m0/s1. The molecule has 7 heteroatoms. The zero-order valence-electron chi connectivity index (χ0n) is 14.1. The van der Waals surface area contributed by atoms with E-state index in [1.54, 1.807) is 17.6 Å². The molecule has 1 saturated heterocycles. The highest BCUT2D eigenvalue weighted by Crippen LogP contribution is 2.22. The van der Waals surface area contributed by atoms with Crippen LogP contribution in [0.25, 0.3) is 0 Å². The van der Waals surface area contributed by atoms with E-state index in [4.69, 9.17) is 4.42 Å². The van der Waals surface area contributed by atoms with Crippen molar-refractivity contribution in [3.63, 3.8) is 0 Å². The Balaban J connectivity index is 1.49. The lowest BCUT2D eigenvalue weighted by Gasteiger charge is -2.35. The molecule has 24 heavy (non-hydrogen) atoms. The van der Waals surface area contributed by atoms with E-state index in [9.17, 15) is 4.79 Å². The van der Waals surface area contributed by atoms with Crippen LogP contribution in [-0.4, -0.2) is 62.7 Å². The number of hydrogen-bond donors (Lipinski definition) is 1. The van der Waals surface area contributed by atoms with Gasteiger partial charge in [0, 0.05) is 32.7 Å². The van der Waals surface area contributed by atoms with Crippen molar-refractivity contribution in [1.29, 1.82) is 0 Å². The van der Waals surface area contributed by atoms with Crippen LogP contribution in [-0.2, 0) is 0 Å². The van der Waals surface area contributed by atoms with Gasteiger partial charge in [-0.2, -0.15) is 0 Å². The van der Waals surface area contributed by atoms with Gasteiger partial charge in [0.15, 0.2) is 0 Å². The number of urea groups is 1. The summed E-state index contributed by atoms with van der Waals surface area (Å²) in [5.41, 5.74) is 0. The third kappa shape index (κ3) is 3.91. The van der Waals surface area contributed by atoms with Gasteiger partial charge in [0.05, 0.1) is 17.3 Å². The molecule has 6 nitrogen and oxygen atoms in total. The number of amides is 2. The lowest BCUT2D eigenvalue weighted by Crippen LogP contribution is -2.52. The summed E-state index contributed by atoms with van der Waals surface area (Å²) >= 11 is 1.75. The van der Waals surface area contributed by atoms with E-state index in [1.807, 2.05) is 36.0 Å². The molecule has 0 bridgehead atoms. The summed E-state index contributed by atoms with van der Waals surface area (Å²) in [5.74, 6) is 0.864. The van der Waals surface area contributed by atoms with Crippen LogP contribution < -0.4 is 10.2 Å². The maximum Gasteiger partial charge on any atom is 0.317 e. The number of hydrogen-bond acceptors (Lipinski definition) is 5. The van der Waals surface area contributed by atoms with Crippen LogP contribution in [0.5, 0.6) is 0 Å². The van der Waals surface area contributed by atoms with Crippen molar-refractivity contribution in [2.75, 3.05) is 51.7 Å². The fourth-order valence-corrected chi connectivity index (χ4v) is 3.68. The minimum absolute atomic E-state index is 0.000708. The second-order valence-corrected chi connectivity index (χ2v) is 7.03. The SMILES string of the molecule is CN(C)[C@@H](CNC(=O)N1CCN(c2cccs2)CC1)c1ccco1. The predicted molar refractivity (Wildman–Crippen MR) is 96.6 cm³/mol. The van der Waals surface area contributed by atoms with Crippen molar-refractivity contribution >= 4 is 22.4 Å². The predicted octanol–water partition coefficient (Wildman–Crippen LogP) is 2.48. The van der Waals surface area contributed by atoms with E-state index < -0.39 is 0 Å². The van der Waals surface area contributed by atoms with E-state index in [0.29, 0.717) is 6.54 Å². The van der Waals surface area contributed by atoms with Crippen LogP contribution in [0.15, 0.2) is 40.3 Å². The zero-order valence-corrected chi connectivity index (χ0v) is 15.0. The number of nitrogens with zero attached hydrogens (tertiary/aromatic N) is 3. The number of nitrogens with one attached hydrogen (secondary N) is 1. The monoisotopic (exact) mass is 348 g/mol. The molecule has 1 fully saturated rings. The van der Waals surface area contributed by atoms with Crippen LogP contribution in [0.4, 0.5) is 9.80 Å². The molecule has 0 unspecified atom stereocenters. The Kier molecular flexibility index (Phi) is 5.42. The molecule has 130 valence electrons. The molecule has 1 aliphatic rings. The van der Waals surface area contributed by atoms with Gasteiger partial charge >= 0.3 is 6.03 Å². The smallest absolute Gasteiger partial charge is 0.317 e. The molecular formula is C17H24N4O2S. The molecule has 3 rings (SSSR count). The molecule has 2 aromatic heterocycles. The number of carbonyl (C=O) groups excluding carboxylic acids is 1. The Bertz CT molecular complexity index is 619. The summed E-state index contributed by atoms with van der Waals surface area (Å²) in [5, 5.41) is 6.41. The number of thiophene rings is 1. The molecule has 1 atom stereocenters. The van der Waals surface area contributed by atoms with E-state index in [0.717, 1.165) is 31.9 Å². The third-order valence-electron chi connectivity index (χ3n) is 4.33. The molecule has 0 aliphatic carbocycles. The van der Waals surface area contributed by atoms with E-state index in [1.165, 1.54) is 5.00 Å². The second kappa shape index (κ2) is 7.72. The molecule has 0 saturated carbocycles. The molecule has 0 aromatic carbocycles. The van der Waals surface area contributed by atoms with E-state index >= 15 is 0 Å². The normalized spacial score (nSPS) is 16.5. The van der Waals surface area contributed by atoms with Crippen molar-refractivity contribution in [1.82, 2.24) is 15.1 Å². The highest BCUT2D eigenvalue weighted by atomic mass is 32.1. The second-order valence-electron chi connectivity index (χ2n) is 6.11. The van der Waals surface area contributed by atoms with Gasteiger partial charge in [-0.25, -0.2) is 4.79 Å². The van der Waals surface area contributed by atoms with Crippen molar-refractivity contribution in [3.05, 3.63) is 41.7 Å². The fraction of sp³-hybridized carbons (Fsp3) is 0.471. The summed E-state index contributed by atoms with van der Waals surface area (Å²) in [6.07, 6.45) is 1.66. The van der Waals surface area contributed by atoms with Crippen LogP contribution in [0.2, 0.25) is 0 Å². The Hall–Kier alpha value is -1.99. The molecule has 1 aliphatic heterocycles. The molecule has 3 heterocycles. The largest absolute Gasteiger partial charge is 0.468 e. The summed E-state index contributed by atoms with van der Waals surface area (Å²) < 4.78 is 5.48. The zero-order chi connectivity index (χ0) is 16.9. The maximum absolute atomic E-state index is 12.4. The van der Waals surface area contributed by atoms with Crippen molar-refractivity contribution < 1.29 is 9.21 Å².